The SMILES string of the molecule is Cc1cc(C)nc(N/N=C/C2=C(O)C[C@H](c3ccc(F)cc3)CC2=O)n1. The normalized spacial score (nSPS) is 17.8. The molecule has 2 N–H and O–H groups in total. The molecule has 0 bridgehead atoms. The van der Waals surface area contributed by atoms with Crippen LogP contribution in [0.25, 0.3) is 0 Å². The molecule has 1 atom stereocenters. The molecule has 26 heavy (non-hydrogen) atoms. The molecule has 0 saturated heterocycles. The molecule has 2 aromatic rings. The van der Waals surface area contributed by atoms with Gasteiger partial charge < -0.3 is 5.11 Å². The molecule has 0 aliphatic heterocycles. The van der Waals surface area contributed by atoms with Crippen LogP contribution in [0.1, 0.15) is 35.7 Å². The second-order valence-corrected chi connectivity index (χ2v) is 6.28. The highest BCUT2D eigenvalue weighted by Crippen LogP contribution is 2.33. The highest BCUT2D eigenvalue weighted by Gasteiger charge is 2.27. The number of nitrogens with one attached hydrogen (secondary N) is 1. The lowest BCUT2D eigenvalue weighted by Gasteiger charge is -2.22. The van der Waals surface area contributed by atoms with Crippen LogP contribution in [-0.2, 0) is 4.79 Å². The van der Waals surface area contributed by atoms with Crippen molar-refractivity contribution in [3.8, 4) is 0 Å². The van der Waals surface area contributed by atoms with Crippen molar-refractivity contribution in [2.75, 3.05) is 5.43 Å². The Morgan fingerprint density at radius 2 is 1.85 bits per heavy atom. The lowest BCUT2D eigenvalue weighted by molar-refractivity contribution is -0.116. The molecule has 1 aliphatic carbocycles. The summed E-state index contributed by atoms with van der Waals surface area (Å²) in [4.78, 5) is 20.7. The number of anilines is 1. The van der Waals surface area contributed by atoms with Gasteiger partial charge in [-0.3, -0.25) is 4.79 Å². The van der Waals surface area contributed by atoms with E-state index in [2.05, 4.69) is 20.5 Å². The Morgan fingerprint density at radius 3 is 2.46 bits per heavy atom. The number of halogens is 1. The Morgan fingerprint density at radius 1 is 1.19 bits per heavy atom. The third-order valence-electron chi connectivity index (χ3n) is 4.16. The minimum absolute atomic E-state index is 0.0255. The average Bonchev–Trinajstić information content (AvgIpc) is 2.57. The zero-order chi connectivity index (χ0) is 18.7. The van der Waals surface area contributed by atoms with Gasteiger partial charge in [-0.25, -0.2) is 19.8 Å². The van der Waals surface area contributed by atoms with Crippen molar-refractivity contribution < 1.29 is 14.3 Å². The molecule has 0 amide bonds. The first-order valence-electron chi connectivity index (χ1n) is 8.24. The number of aliphatic hydroxyl groups is 1. The van der Waals surface area contributed by atoms with Gasteiger partial charge in [0.2, 0.25) is 5.95 Å². The van der Waals surface area contributed by atoms with Gasteiger partial charge in [-0.15, -0.1) is 0 Å². The molecular weight excluding hydrogens is 335 g/mol. The van der Waals surface area contributed by atoms with Gasteiger partial charge in [0.25, 0.3) is 0 Å². The molecule has 1 aromatic heterocycles. The first-order chi connectivity index (χ1) is 12.4. The maximum absolute atomic E-state index is 13.0. The zero-order valence-electron chi connectivity index (χ0n) is 14.5. The minimum atomic E-state index is -0.330. The first kappa shape index (κ1) is 17.7. The summed E-state index contributed by atoms with van der Waals surface area (Å²) in [6.07, 6.45) is 1.83. The topological polar surface area (TPSA) is 87.5 Å². The number of benzene rings is 1. The number of ketones is 1. The van der Waals surface area contributed by atoms with Crippen LogP contribution in [0.5, 0.6) is 0 Å². The zero-order valence-corrected chi connectivity index (χ0v) is 14.5. The second kappa shape index (κ2) is 7.43. The Kier molecular flexibility index (Phi) is 5.06. The van der Waals surface area contributed by atoms with Crippen LogP contribution in [0, 0.1) is 19.7 Å². The fourth-order valence-electron chi connectivity index (χ4n) is 2.96. The smallest absolute Gasteiger partial charge is 0.243 e. The van der Waals surface area contributed by atoms with E-state index >= 15 is 0 Å². The number of hydrogen-bond donors (Lipinski definition) is 2. The van der Waals surface area contributed by atoms with Gasteiger partial charge in [0.05, 0.1) is 11.8 Å². The molecule has 0 unspecified atom stereocenters. The first-order valence-corrected chi connectivity index (χ1v) is 8.24. The monoisotopic (exact) mass is 354 g/mol. The number of hydrogen-bond acceptors (Lipinski definition) is 6. The van der Waals surface area contributed by atoms with E-state index in [1.165, 1.54) is 18.3 Å². The van der Waals surface area contributed by atoms with Crippen LogP contribution in [-0.4, -0.2) is 27.1 Å². The lowest BCUT2D eigenvalue weighted by Crippen LogP contribution is -2.19. The van der Waals surface area contributed by atoms with E-state index in [0.29, 0.717) is 12.4 Å². The summed E-state index contributed by atoms with van der Waals surface area (Å²) >= 11 is 0. The van der Waals surface area contributed by atoms with Gasteiger partial charge in [0, 0.05) is 24.2 Å². The van der Waals surface area contributed by atoms with Crippen LogP contribution < -0.4 is 5.43 Å². The van der Waals surface area contributed by atoms with E-state index in [0.717, 1.165) is 17.0 Å². The standard InChI is InChI=1S/C19H19FN4O2/c1-11-7-12(2)23-19(22-11)24-21-10-16-17(25)8-14(9-18(16)26)13-3-5-15(20)6-4-13/h3-7,10,14,25H,8-9H2,1-2H3,(H,22,23,24)/b21-10+/t14-/m0/s1. The van der Waals surface area contributed by atoms with Crippen LogP contribution in [0.15, 0.2) is 46.8 Å². The van der Waals surface area contributed by atoms with E-state index in [9.17, 15) is 14.3 Å². The maximum atomic E-state index is 13.0. The van der Waals surface area contributed by atoms with Crippen molar-refractivity contribution in [3.63, 3.8) is 0 Å². The van der Waals surface area contributed by atoms with Gasteiger partial charge in [0.1, 0.15) is 11.6 Å². The molecular formula is C19H19FN4O2. The second-order valence-electron chi connectivity index (χ2n) is 6.28. The number of rotatable bonds is 4. The molecule has 3 rings (SSSR count). The molecule has 0 radical (unpaired) electrons. The van der Waals surface area contributed by atoms with Crippen LogP contribution in [0.4, 0.5) is 10.3 Å². The van der Waals surface area contributed by atoms with Crippen LogP contribution in [0.2, 0.25) is 0 Å². The molecule has 134 valence electrons. The molecule has 6 nitrogen and oxygen atoms in total. The Hall–Kier alpha value is -3.09. The summed E-state index contributed by atoms with van der Waals surface area (Å²) in [7, 11) is 0. The quantitative estimate of drug-likeness (QED) is 0.647. The summed E-state index contributed by atoms with van der Waals surface area (Å²) in [6.45, 7) is 3.69. The van der Waals surface area contributed by atoms with E-state index in [-0.39, 0.29) is 35.3 Å². The summed E-state index contributed by atoms with van der Waals surface area (Å²) in [5, 5.41) is 14.2. The fraction of sp³-hybridized carbons (Fsp3) is 0.263. The number of aromatic nitrogens is 2. The van der Waals surface area contributed by atoms with E-state index in [4.69, 9.17) is 0 Å². The van der Waals surface area contributed by atoms with Crippen molar-refractivity contribution in [2.24, 2.45) is 5.10 Å². The van der Waals surface area contributed by atoms with Gasteiger partial charge in [0.15, 0.2) is 5.78 Å². The minimum Gasteiger partial charge on any atom is -0.511 e. The van der Waals surface area contributed by atoms with Crippen molar-refractivity contribution in [1.82, 2.24) is 9.97 Å². The molecule has 0 spiro atoms. The van der Waals surface area contributed by atoms with Crippen molar-refractivity contribution >= 4 is 17.9 Å². The largest absolute Gasteiger partial charge is 0.511 e. The van der Waals surface area contributed by atoms with E-state index < -0.39 is 0 Å². The summed E-state index contributed by atoms with van der Waals surface area (Å²) in [5.74, 6) is -0.414. The molecule has 0 saturated carbocycles. The third-order valence-corrected chi connectivity index (χ3v) is 4.16. The summed E-state index contributed by atoms with van der Waals surface area (Å²) < 4.78 is 13.0. The Labute approximate surface area is 150 Å². The number of nitrogens with zero attached hydrogens (tertiary/aromatic N) is 3. The Balaban J connectivity index is 1.72. The third kappa shape index (κ3) is 4.11. The van der Waals surface area contributed by atoms with Crippen molar-refractivity contribution in [3.05, 3.63) is 64.4 Å². The number of aliphatic hydroxyl groups excluding tert-OH is 1. The van der Waals surface area contributed by atoms with E-state index in [1.807, 2.05) is 19.9 Å². The Bertz CT molecular complexity index is 871. The molecule has 0 fully saturated rings. The van der Waals surface area contributed by atoms with Crippen molar-refractivity contribution in [1.29, 1.82) is 0 Å². The molecule has 1 heterocycles. The van der Waals surface area contributed by atoms with Gasteiger partial charge >= 0.3 is 0 Å². The molecule has 7 heteroatoms. The van der Waals surface area contributed by atoms with Crippen LogP contribution >= 0.6 is 0 Å². The number of carbonyl (C=O) groups is 1. The average molecular weight is 354 g/mol. The van der Waals surface area contributed by atoms with Gasteiger partial charge in [-0.2, -0.15) is 5.10 Å². The lowest BCUT2D eigenvalue weighted by atomic mass is 9.83. The number of Topliss-reactive ketones (excluding diaryl/α,β-unsaturated/α-hetero) is 1. The number of allylic oxidation sites excluding steroid dienone is 2. The number of carbonyl (C=O) groups excluding carboxylic acids is 1. The number of aryl methyl sites for hydroxylation is 2. The summed E-state index contributed by atoms with van der Waals surface area (Å²) in [5.41, 5.74) is 5.26. The van der Waals surface area contributed by atoms with Crippen molar-refractivity contribution in [2.45, 2.75) is 32.6 Å². The maximum Gasteiger partial charge on any atom is 0.243 e. The fourth-order valence-corrected chi connectivity index (χ4v) is 2.96. The van der Waals surface area contributed by atoms with E-state index in [1.54, 1.807) is 12.1 Å². The van der Waals surface area contributed by atoms with Gasteiger partial charge in [-0.1, -0.05) is 12.1 Å². The predicted octanol–water partition coefficient (Wildman–Crippen LogP) is 3.59. The predicted molar refractivity (Wildman–Crippen MR) is 96.7 cm³/mol. The summed E-state index contributed by atoms with van der Waals surface area (Å²) in [6, 6.07) is 7.82. The highest BCUT2D eigenvalue weighted by molar-refractivity contribution is 6.14. The van der Waals surface area contributed by atoms with Gasteiger partial charge in [-0.05, 0) is 43.5 Å². The highest BCUT2D eigenvalue weighted by atomic mass is 19.1. The molecule has 1 aliphatic rings. The molecule has 1 aromatic carbocycles. The number of hydrazone groups is 1. The van der Waals surface area contributed by atoms with Crippen LogP contribution in [0.3, 0.4) is 0 Å².